The fraction of sp³-hybridized carbons (Fsp3) is 0.533. The van der Waals surface area contributed by atoms with E-state index in [9.17, 15) is 4.79 Å². The van der Waals surface area contributed by atoms with Crippen molar-refractivity contribution in [3.05, 3.63) is 76.2 Å². The lowest BCUT2D eigenvalue weighted by molar-refractivity contribution is 0.174. The minimum Gasteiger partial charge on any atom is -0.320 e. The van der Waals surface area contributed by atoms with Crippen LogP contribution in [-0.4, -0.2) is 46.7 Å². The van der Waals surface area contributed by atoms with E-state index < -0.39 is 0 Å². The van der Waals surface area contributed by atoms with Crippen LogP contribution in [0.2, 0.25) is 0 Å². The normalized spacial score (nSPS) is 21.6. The minimum atomic E-state index is -0.0198. The van der Waals surface area contributed by atoms with Crippen molar-refractivity contribution in [1.29, 1.82) is 0 Å². The van der Waals surface area contributed by atoms with Gasteiger partial charge in [-0.3, -0.25) is 18.9 Å². The van der Waals surface area contributed by atoms with Crippen LogP contribution in [0.3, 0.4) is 0 Å². The number of likely N-dealkylation sites (tertiary alicyclic amines) is 1. The molecule has 3 fully saturated rings. The van der Waals surface area contributed by atoms with Gasteiger partial charge in [-0.2, -0.15) is 0 Å². The Balaban J connectivity index is 1.28. The van der Waals surface area contributed by atoms with Gasteiger partial charge in [0.1, 0.15) is 12.2 Å². The summed E-state index contributed by atoms with van der Waals surface area (Å²) in [6, 6.07) is 8.47. The number of aryl methyl sites for hydroxylation is 1. The minimum absolute atomic E-state index is 0.0198. The molecule has 1 saturated heterocycles. The number of hydrogen-bond donors (Lipinski definition) is 0. The highest BCUT2D eigenvalue weighted by molar-refractivity contribution is 5.56. The number of aromatic nitrogens is 6. The molecular weight excluding hydrogens is 474 g/mol. The first-order chi connectivity index (χ1) is 18.5. The second kappa shape index (κ2) is 9.49. The van der Waals surface area contributed by atoms with Crippen LogP contribution < -0.4 is 5.69 Å². The van der Waals surface area contributed by atoms with E-state index in [2.05, 4.69) is 40.2 Å². The van der Waals surface area contributed by atoms with Gasteiger partial charge in [0.2, 0.25) is 0 Å². The van der Waals surface area contributed by atoms with Crippen LogP contribution in [0.1, 0.15) is 86.5 Å². The average molecular weight is 512 g/mol. The first-order valence-electron chi connectivity index (χ1n) is 14.4. The van der Waals surface area contributed by atoms with Crippen molar-refractivity contribution in [3.8, 4) is 5.69 Å². The van der Waals surface area contributed by atoms with Crippen molar-refractivity contribution in [1.82, 2.24) is 33.6 Å². The van der Waals surface area contributed by atoms with E-state index in [0.29, 0.717) is 11.8 Å². The summed E-state index contributed by atoms with van der Waals surface area (Å²) in [6.07, 6.45) is 14.3. The van der Waals surface area contributed by atoms with E-state index in [4.69, 9.17) is 4.98 Å². The molecule has 0 radical (unpaired) electrons. The van der Waals surface area contributed by atoms with Gasteiger partial charge in [0.25, 0.3) is 0 Å². The number of imidazole rings is 1. The van der Waals surface area contributed by atoms with Gasteiger partial charge in [-0.1, -0.05) is 25.5 Å². The lowest BCUT2D eigenvalue weighted by atomic mass is 9.72. The molecule has 198 valence electrons. The Bertz CT molecular complexity index is 1520. The van der Waals surface area contributed by atoms with Crippen LogP contribution in [0.25, 0.3) is 11.2 Å². The Morgan fingerprint density at radius 1 is 1.08 bits per heavy atom. The monoisotopic (exact) mass is 511 g/mol. The summed E-state index contributed by atoms with van der Waals surface area (Å²) >= 11 is 0. The smallest absolute Gasteiger partial charge is 0.320 e. The topological polar surface area (TPSA) is 73.2 Å². The van der Waals surface area contributed by atoms with Gasteiger partial charge >= 0.3 is 5.69 Å². The zero-order valence-electron chi connectivity index (χ0n) is 22.5. The molecule has 2 atom stereocenters. The number of nitrogens with zero attached hydrogens (tertiary/aromatic N) is 7. The zero-order valence-corrected chi connectivity index (χ0v) is 22.5. The highest BCUT2D eigenvalue weighted by atomic mass is 16.1. The molecule has 1 aliphatic heterocycles. The summed E-state index contributed by atoms with van der Waals surface area (Å²) in [7, 11) is 2.02. The van der Waals surface area contributed by atoms with Crippen LogP contribution >= 0.6 is 0 Å². The molecule has 0 unspecified atom stereocenters. The van der Waals surface area contributed by atoms with Crippen LogP contribution in [0.15, 0.2) is 47.8 Å². The van der Waals surface area contributed by atoms with Crippen molar-refractivity contribution >= 4 is 5.52 Å². The van der Waals surface area contributed by atoms with Gasteiger partial charge in [-0.25, -0.2) is 4.79 Å². The van der Waals surface area contributed by atoms with E-state index in [1.165, 1.54) is 37.7 Å². The van der Waals surface area contributed by atoms with Crippen molar-refractivity contribution in [2.75, 3.05) is 13.1 Å². The summed E-state index contributed by atoms with van der Waals surface area (Å²) in [4.78, 5) is 21.5. The Labute approximate surface area is 223 Å². The number of hydrogen-bond acceptors (Lipinski definition) is 5. The molecule has 0 amide bonds. The Hall–Kier alpha value is -3.26. The third kappa shape index (κ3) is 4.28. The van der Waals surface area contributed by atoms with Gasteiger partial charge in [0.15, 0.2) is 0 Å². The maximum atomic E-state index is 13.8. The molecule has 2 aliphatic carbocycles. The van der Waals surface area contributed by atoms with Crippen molar-refractivity contribution < 1.29 is 0 Å². The van der Waals surface area contributed by atoms with E-state index in [1.54, 1.807) is 6.33 Å². The predicted molar refractivity (Wildman–Crippen MR) is 147 cm³/mol. The van der Waals surface area contributed by atoms with Gasteiger partial charge in [0.05, 0.1) is 22.6 Å². The Morgan fingerprint density at radius 2 is 1.95 bits per heavy atom. The number of rotatable bonds is 7. The number of benzene rings is 1. The summed E-state index contributed by atoms with van der Waals surface area (Å²) in [5, 5.41) is 8.64. The quantitative estimate of drug-likeness (QED) is 0.361. The summed E-state index contributed by atoms with van der Waals surface area (Å²) in [5.41, 5.74) is 5.12. The second-order valence-corrected chi connectivity index (χ2v) is 12.0. The van der Waals surface area contributed by atoms with Gasteiger partial charge in [0, 0.05) is 44.4 Å². The first-order valence-corrected chi connectivity index (χ1v) is 14.4. The molecule has 4 aromatic rings. The molecule has 8 heteroatoms. The highest BCUT2D eigenvalue weighted by Crippen LogP contribution is 2.43. The standard InChI is InChI=1S/C30H37N7O/c1-20-6-5-13-35(15-20)16-24-17-37-26(28(32-24)22-11-12-22)18-36(30(37)38)25-10-4-9-23(14-25)27(21-7-3-8-21)29-33-31-19-34(29)2/h4,9-10,14,17-22,27H,3,5-8,11-13,15-16H2,1-2H3/t20-,27-/m0/s1. The largest absolute Gasteiger partial charge is 0.337 e. The van der Waals surface area contributed by atoms with Crippen LogP contribution in [-0.2, 0) is 13.6 Å². The molecule has 7 rings (SSSR count). The van der Waals surface area contributed by atoms with Gasteiger partial charge < -0.3 is 4.57 Å². The predicted octanol–water partition coefficient (Wildman–Crippen LogP) is 4.66. The summed E-state index contributed by atoms with van der Waals surface area (Å²) in [6.45, 7) is 5.36. The van der Waals surface area contributed by atoms with Crippen molar-refractivity contribution in [2.45, 2.75) is 70.3 Å². The fourth-order valence-electron chi connectivity index (χ4n) is 6.59. The second-order valence-electron chi connectivity index (χ2n) is 12.0. The SMILES string of the molecule is C[C@H]1CCCN(Cc2cn3c(=O)n(-c4cccc([C@@H](c5nncn5C)C5CCC5)c4)cc3c(C3CC3)n2)C1. The maximum Gasteiger partial charge on any atom is 0.337 e. The molecule has 4 heterocycles. The van der Waals surface area contributed by atoms with E-state index >= 15 is 0 Å². The molecule has 3 aliphatic rings. The van der Waals surface area contributed by atoms with Gasteiger partial charge in [-0.15, -0.1) is 10.2 Å². The van der Waals surface area contributed by atoms with Crippen LogP contribution in [0.4, 0.5) is 0 Å². The molecule has 8 nitrogen and oxygen atoms in total. The van der Waals surface area contributed by atoms with E-state index in [1.807, 2.05) is 39.0 Å². The van der Waals surface area contributed by atoms with E-state index in [0.717, 1.165) is 66.8 Å². The highest BCUT2D eigenvalue weighted by Gasteiger charge is 2.33. The molecule has 0 spiro atoms. The molecule has 38 heavy (non-hydrogen) atoms. The molecule has 0 bridgehead atoms. The zero-order chi connectivity index (χ0) is 25.8. The molecular formula is C30H37N7O. The maximum absolute atomic E-state index is 13.8. The number of piperidine rings is 1. The molecule has 3 aromatic heterocycles. The van der Waals surface area contributed by atoms with Crippen molar-refractivity contribution in [2.24, 2.45) is 18.9 Å². The summed E-state index contributed by atoms with van der Waals surface area (Å²) in [5.74, 6) is 2.93. The van der Waals surface area contributed by atoms with Crippen molar-refractivity contribution in [3.63, 3.8) is 0 Å². The lowest BCUT2D eigenvalue weighted by Crippen LogP contribution is -2.34. The van der Waals surface area contributed by atoms with E-state index in [-0.39, 0.29) is 11.6 Å². The molecule has 2 saturated carbocycles. The third-order valence-corrected chi connectivity index (χ3v) is 8.97. The van der Waals surface area contributed by atoms with Crippen LogP contribution in [0, 0.1) is 11.8 Å². The summed E-state index contributed by atoms with van der Waals surface area (Å²) < 4.78 is 5.70. The molecule has 0 N–H and O–H groups in total. The molecule has 1 aromatic carbocycles. The first kappa shape index (κ1) is 23.8. The average Bonchev–Trinajstić information content (AvgIpc) is 3.57. The Kier molecular flexibility index (Phi) is 5.95. The fourth-order valence-corrected chi connectivity index (χ4v) is 6.59. The Morgan fingerprint density at radius 3 is 2.66 bits per heavy atom. The third-order valence-electron chi connectivity index (χ3n) is 8.97. The number of fused-ring (bicyclic) bond motifs is 1. The van der Waals surface area contributed by atoms with Crippen LogP contribution in [0.5, 0.6) is 0 Å². The lowest BCUT2D eigenvalue weighted by Gasteiger charge is -2.33. The van der Waals surface area contributed by atoms with Gasteiger partial charge in [-0.05, 0) is 74.6 Å².